The Morgan fingerprint density at radius 3 is 2.62 bits per heavy atom. The molecule has 0 N–H and O–H groups in total. The first-order valence-corrected chi connectivity index (χ1v) is 9.17. The molecule has 8 heteroatoms. The highest BCUT2D eigenvalue weighted by molar-refractivity contribution is 7.13. The van der Waals surface area contributed by atoms with Gasteiger partial charge in [-0.1, -0.05) is 0 Å². The summed E-state index contributed by atoms with van der Waals surface area (Å²) in [6, 6.07) is 5.83. The van der Waals surface area contributed by atoms with E-state index in [4.69, 9.17) is 4.42 Å². The average molecular weight is 367 g/mol. The summed E-state index contributed by atoms with van der Waals surface area (Å²) in [5.41, 5.74) is 0.643. The Hall–Kier alpha value is -3.05. The summed E-state index contributed by atoms with van der Waals surface area (Å²) in [5.74, 6) is 0.706. The molecule has 0 spiro atoms. The highest BCUT2D eigenvalue weighted by Crippen LogP contribution is 2.27. The average Bonchev–Trinajstić information content (AvgIpc) is 3.41. The van der Waals surface area contributed by atoms with Crippen LogP contribution in [0.25, 0.3) is 5.88 Å². The zero-order valence-electron chi connectivity index (χ0n) is 14.3. The second-order valence-electron chi connectivity index (χ2n) is 6.01. The van der Waals surface area contributed by atoms with Gasteiger partial charge in [-0.15, -0.1) is 11.3 Å². The van der Waals surface area contributed by atoms with Crippen molar-refractivity contribution in [3.63, 3.8) is 0 Å². The molecule has 0 aromatic carbocycles. The van der Waals surface area contributed by atoms with Crippen LogP contribution < -0.4 is 4.90 Å². The van der Waals surface area contributed by atoms with E-state index in [1.54, 1.807) is 46.3 Å². The molecule has 7 nitrogen and oxygen atoms in total. The van der Waals surface area contributed by atoms with Crippen molar-refractivity contribution in [1.29, 1.82) is 5.26 Å². The molecular formula is C18H17N5O2S. The van der Waals surface area contributed by atoms with Gasteiger partial charge in [-0.2, -0.15) is 5.26 Å². The Labute approximate surface area is 154 Å². The Kier molecular flexibility index (Phi) is 4.22. The van der Waals surface area contributed by atoms with Gasteiger partial charge in [0.15, 0.2) is 5.13 Å². The Morgan fingerprint density at radius 2 is 2.00 bits per heavy atom. The Balaban J connectivity index is 1.57. The van der Waals surface area contributed by atoms with Crippen molar-refractivity contribution in [3.8, 4) is 12.0 Å². The van der Waals surface area contributed by atoms with Crippen molar-refractivity contribution in [2.45, 2.75) is 6.92 Å². The van der Waals surface area contributed by atoms with Crippen LogP contribution in [0.5, 0.6) is 0 Å². The van der Waals surface area contributed by atoms with Gasteiger partial charge in [0.25, 0.3) is 5.91 Å². The van der Waals surface area contributed by atoms with Crippen LogP contribution in [-0.2, 0) is 0 Å². The van der Waals surface area contributed by atoms with E-state index in [1.165, 1.54) is 0 Å². The molecule has 1 saturated heterocycles. The topological polar surface area (TPSA) is 78.3 Å². The summed E-state index contributed by atoms with van der Waals surface area (Å²) in [6.07, 6.45) is 5.37. The number of furan rings is 1. The van der Waals surface area contributed by atoms with Gasteiger partial charge in [0.05, 0.1) is 0 Å². The third-order valence-electron chi connectivity index (χ3n) is 4.49. The van der Waals surface area contributed by atoms with E-state index >= 15 is 0 Å². The van der Waals surface area contributed by atoms with Gasteiger partial charge in [-0.25, -0.2) is 4.98 Å². The highest BCUT2D eigenvalue weighted by atomic mass is 32.1. The molecule has 0 atom stereocenters. The van der Waals surface area contributed by atoms with Crippen LogP contribution in [0.2, 0.25) is 0 Å². The minimum Gasteiger partial charge on any atom is -0.443 e. The molecule has 3 aromatic heterocycles. The molecule has 1 aliphatic heterocycles. The number of rotatable bonds is 3. The molecule has 4 heterocycles. The lowest BCUT2D eigenvalue weighted by molar-refractivity contribution is 0.0744. The van der Waals surface area contributed by atoms with Crippen molar-refractivity contribution in [3.05, 3.63) is 53.0 Å². The van der Waals surface area contributed by atoms with Gasteiger partial charge >= 0.3 is 0 Å². The van der Waals surface area contributed by atoms with Crippen LogP contribution >= 0.6 is 11.3 Å². The summed E-state index contributed by atoms with van der Waals surface area (Å²) in [5, 5.41) is 12.5. The molecule has 1 amide bonds. The van der Waals surface area contributed by atoms with Crippen LogP contribution in [0, 0.1) is 18.3 Å². The summed E-state index contributed by atoms with van der Waals surface area (Å²) < 4.78 is 7.46. The Morgan fingerprint density at radius 1 is 1.27 bits per heavy atom. The van der Waals surface area contributed by atoms with Crippen LogP contribution in [0.4, 0.5) is 5.13 Å². The largest absolute Gasteiger partial charge is 0.443 e. The van der Waals surface area contributed by atoms with Gasteiger partial charge in [-0.05, 0) is 19.1 Å². The number of amides is 1. The molecule has 3 aromatic rings. The number of piperazine rings is 1. The standard InChI is InChI=1S/C18H17N5O2S/c1-13-15(14(12-19)17(25-13)22-5-2-3-6-22)16(24)21-7-9-23(10-8-21)18-20-4-11-26-18/h2-6,11H,7-10H2,1H3. The number of carbonyl (C=O) groups excluding carboxylic acids is 1. The minimum atomic E-state index is -0.153. The first-order valence-electron chi connectivity index (χ1n) is 8.29. The summed E-state index contributed by atoms with van der Waals surface area (Å²) in [6.45, 7) is 4.36. The number of aromatic nitrogens is 2. The van der Waals surface area contributed by atoms with E-state index in [0.29, 0.717) is 30.3 Å². The van der Waals surface area contributed by atoms with Crippen molar-refractivity contribution in [1.82, 2.24) is 14.5 Å². The van der Waals surface area contributed by atoms with Crippen molar-refractivity contribution >= 4 is 22.4 Å². The second kappa shape index (κ2) is 6.69. The normalized spacial score (nSPS) is 14.5. The third kappa shape index (κ3) is 2.76. The van der Waals surface area contributed by atoms with E-state index in [9.17, 15) is 10.1 Å². The fraction of sp³-hybridized carbons (Fsp3) is 0.278. The molecule has 1 fully saturated rings. The van der Waals surface area contributed by atoms with Crippen molar-refractivity contribution in [2.24, 2.45) is 0 Å². The summed E-state index contributed by atoms with van der Waals surface area (Å²) >= 11 is 1.60. The maximum Gasteiger partial charge on any atom is 0.258 e. The Bertz CT molecular complexity index is 945. The van der Waals surface area contributed by atoms with Gasteiger partial charge in [-0.3, -0.25) is 9.36 Å². The zero-order valence-corrected chi connectivity index (χ0v) is 15.1. The van der Waals surface area contributed by atoms with Crippen LogP contribution in [0.3, 0.4) is 0 Å². The number of hydrogen-bond donors (Lipinski definition) is 0. The van der Waals surface area contributed by atoms with Crippen LogP contribution in [0.15, 0.2) is 40.5 Å². The van der Waals surface area contributed by atoms with E-state index in [1.807, 2.05) is 17.5 Å². The molecule has 132 valence electrons. The van der Waals surface area contributed by atoms with Gasteiger partial charge in [0.1, 0.15) is 23.0 Å². The van der Waals surface area contributed by atoms with E-state index < -0.39 is 0 Å². The maximum absolute atomic E-state index is 13.1. The lowest BCUT2D eigenvalue weighted by Crippen LogP contribution is -2.49. The molecule has 0 radical (unpaired) electrons. The quantitative estimate of drug-likeness (QED) is 0.711. The number of carbonyl (C=O) groups is 1. The molecule has 4 rings (SSSR count). The zero-order chi connectivity index (χ0) is 18.1. The predicted molar refractivity (Wildman–Crippen MR) is 97.7 cm³/mol. The first kappa shape index (κ1) is 16.4. The molecule has 0 unspecified atom stereocenters. The summed E-state index contributed by atoms with van der Waals surface area (Å²) in [7, 11) is 0. The molecule has 1 aliphatic rings. The summed E-state index contributed by atoms with van der Waals surface area (Å²) in [4.78, 5) is 21.3. The molecule has 0 bridgehead atoms. The number of nitrogens with zero attached hydrogens (tertiary/aromatic N) is 5. The lowest BCUT2D eigenvalue weighted by atomic mass is 10.1. The predicted octanol–water partition coefficient (Wildman–Crippen LogP) is 2.67. The number of aryl methyl sites for hydroxylation is 1. The fourth-order valence-corrected chi connectivity index (χ4v) is 3.87. The highest BCUT2D eigenvalue weighted by Gasteiger charge is 2.30. The number of thiazole rings is 1. The van der Waals surface area contributed by atoms with Crippen molar-refractivity contribution in [2.75, 3.05) is 31.1 Å². The minimum absolute atomic E-state index is 0.153. The van der Waals surface area contributed by atoms with Gasteiger partial charge in [0, 0.05) is 50.1 Å². The molecular weight excluding hydrogens is 350 g/mol. The molecule has 0 saturated carbocycles. The monoisotopic (exact) mass is 367 g/mol. The van der Waals surface area contributed by atoms with E-state index in [0.717, 1.165) is 18.2 Å². The number of hydrogen-bond acceptors (Lipinski definition) is 6. The lowest BCUT2D eigenvalue weighted by Gasteiger charge is -2.34. The smallest absolute Gasteiger partial charge is 0.258 e. The molecule has 26 heavy (non-hydrogen) atoms. The SMILES string of the molecule is Cc1oc(-n2cccc2)c(C#N)c1C(=O)N1CCN(c2nccs2)CC1. The second-order valence-corrected chi connectivity index (χ2v) is 6.88. The first-order chi connectivity index (χ1) is 12.7. The van der Waals surface area contributed by atoms with Crippen LogP contribution in [-0.4, -0.2) is 46.5 Å². The van der Waals surface area contributed by atoms with Crippen molar-refractivity contribution < 1.29 is 9.21 Å². The van der Waals surface area contributed by atoms with Gasteiger partial charge in [0.2, 0.25) is 5.88 Å². The molecule has 0 aliphatic carbocycles. The number of nitriles is 1. The third-order valence-corrected chi connectivity index (χ3v) is 5.32. The maximum atomic E-state index is 13.1. The number of anilines is 1. The van der Waals surface area contributed by atoms with Crippen LogP contribution in [0.1, 0.15) is 21.7 Å². The van der Waals surface area contributed by atoms with E-state index in [2.05, 4.69) is 16.0 Å². The van der Waals surface area contributed by atoms with E-state index in [-0.39, 0.29) is 11.5 Å². The fourth-order valence-electron chi connectivity index (χ4n) is 3.17. The van der Waals surface area contributed by atoms with Gasteiger partial charge < -0.3 is 14.2 Å².